The Bertz CT molecular complexity index is 500. The number of nitrogens with one attached hydrogen (secondary N) is 1. The molecule has 108 valence electrons. The summed E-state index contributed by atoms with van der Waals surface area (Å²) in [5, 5.41) is 12.3. The smallest absolute Gasteiger partial charge is 0.200 e. The maximum atomic E-state index is 12.2. The van der Waals surface area contributed by atoms with E-state index < -0.39 is 14.6 Å². The van der Waals surface area contributed by atoms with E-state index in [0.717, 1.165) is 6.42 Å². The first-order valence-corrected chi connectivity index (χ1v) is 7.78. The number of aliphatic hydroxyl groups is 1. The molecule has 0 saturated heterocycles. The van der Waals surface area contributed by atoms with E-state index in [4.69, 9.17) is 5.11 Å². The van der Waals surface area contributed by atoms with E-state index >= 15 is 0 Å². The summed E-state index contributed by atoms with van der Waals surface area (Å²) < 4.78 is 23.5. The van der Waals surface area contributed by atoms with Crippen molar-refractivity contribution >= 4 is 15.5 Å². The molecule has 2 N–H and O–H groups in total. The highest BCUT2D eigenvalue weighted by molar-refractivity contribution is 7.92. The number of aliphatic hydroxyl groups excluding tert-OH is 1. The van der Waals surface area contributed by atoms with Crippen molar-refractivity contribution in [3.05, 3.63) is 18.3 Å². The van der Waals surface area contributed by atoms with Gasteiger partial charge in [-0.1, -0.05) is 6.92 Å². The predicted octanol–water partition coefficient (Wildman–Crippen LogP) is 1.84. The normalized spacial score (nSPS) is 14.2. The van der Waals surface area contributed by atoms with Gasteiger partial charge in [0.25, 0.3) is 0 Å². The molecule has 6 heteroatoms. The summed E-state index contributed by atoms with van der Waals surface area (Å²) in [7, 11) is -3.42. The number of anilines is 1. The number of hydrogen-bond donors (Lipinski definition) is 2. The highest BCUT2D eigenvalue weighted by Crippen LogP contribution is 2.23. The number of hydrogen-bond acceptors (Lipinski definition) is 5. The van der Waals surface area contributed by atoms with Crippen LogP contribution in [0.5, 0.6) is 0 Å². The van der Waals surface area contributed by atoms with Gasteiger partial charge in [0.1, 0.15) is 0 Å². The first-order chi connectivity index (χ1) is 8.72. The second-order valence-electron chi connectivity index (χ2n) is 5.43. The largest absolute Gasteiger partial charge is 0.394 e. The monoisotopic (exact) mass is 286 g/mol. The number of nitrogens with zero attached hydrogens (tertiary/aromatic N) is 1. The van der Waals surface area contributed by atoms with Crippen molar-refractivity contribution in [3.8, 4) is 0 Å². The summed E-state index contributed by atoms with van der Waals surface area (Å²) in [6.45, 7) is 6.93. The lowest BCUT2D eigenvalue weighted by molar-refractivity contribution is 0.272. The highest BCUT2D eigenvalue weighted by atomic mass is 32.2. The van der Waals surface area contributed by atoms with Gasteiger partial charge in [0.05, 0.1) is 23.2 Å². The molecule has 0 aromatic carbocycles. The molecule has 0 aliphatic rings. The molecular weight excluding hydrogens is 264 g/mol. The van der Waals surface area contributed by atoms with Gasteiger partial charge >= 0.3 is 0 Å². The molecule has 1 aromatic rings. The fourth-order valence-corrected chi connectivity index (χ4v) is 2.52. The topological polar surface area (TPSA) is 79.3 Å². The van der Waals surface area contributed by atoms with Crippen molar-refractivity contribution in [2.24, 2.45) is 0 Å². The Labute approximate surface area is 115 Å². The maximum Gasteiger partial charge on any atom is 0.200 e. The zero-order valence-electron chi connectivity index (χ0n) is 11.8. The van der Waals surface area contributed by atoms with E-state index in [1.807, 2.05) is 6.92 Å². The van der Waals surface area contributed by atoms with Crippen molar-refractivity contribution in [1.29, 1.82) is 0 Å². The Kier molecular flexibility index (Phi) is 4.92. The van der Waals surface area contributed by atoms with Crippen LogP contribution in [0.25, 0.3) is 0 Å². The SMILES string of the molecule is CC[C@@H](CO)Nc1ccc(S(=O)(=O)C(C)(C)C)nc1. The average molecular weight is 286 g/mol. The molecule has 0 unspecified atom stereocenters. The first kappa shape index (κ1) is 15.9. The summed E-state index contributed by atoms with van der Waals surface area (Å²) in [6, 6.07) is 3.11. The molecular formula is C13H22N2O3S. The van der Waals surface area contributed by atoms with Gasteiger partial charge in [-0.15, -0.1) is 0 Å². The Morgan fingerprint density at radius 1 is 1.37 bits per heavy atom. The molecule has 1 atom stereocenters. The molecule has 0 fully saturated rings. The molecule has 1 heterocycles. The Morgan fingerprint density at radius 3 is 2.37 bits per heavy atom. The molecule has 0 aliphatic heterocycles. The number of sulfone groups is 1. The van der Waals surface area contributed by atoms with Crippen molar-refractivity contribution in [3.63, 3.8) is 0 Å². The zero-order chi connectivity index (χ0) is 14.7. The summed E-state index contributed by atoms with van der Waals surface area (Å²) >= 11 is 0. The van der Waals surface area contributed by atoms with Crippen LogP contribution in [0, 0.1) is 0 Å². The van der Waals surface area contributed by atoms with Gasteiger partial charge in [-0.25, -0.2) is 13.4 Å². The highest BCUT2D eigenvalue weighted by Gasteiger charge is 2.31. The predicted molar refractivity (Wildman–Crippen MR) is 76.0 cm³/mol. The quantitative estimate of drug-likeness (QED) is 0.863. The zero-order valence-corrected chi connectivity index (χ0v) is 12.7. The van der Waals surface area contributed by atoms with Crippen LogP contribution in [-0.4, -0.2) is 35.9 Å². The minimum atomic E-state index is -3.42. The lowest BCUT2D eigenvalue weighted by atomic mass is 10.2. The standard InChI is InChI=1S/C13H22N2O3S/c1-5-10(9-16)15-11-6-7-12(14-8-11)19(17,18)13(2,3)4/h6-8,10,15-16H,5,9H2,1-4H3/t10-/m0/s1. The van der Waals surface area contributed by atoms with Gasteiger partial charge in [-0.05, 0) is 39.3 Å². The molecule has 0 saturated carbocycles. The summed E-state index contributed by atoms with van der Waals surface area (Å²) in [5.41, 5.74) is 0.703. The molecule has 19 heavy (non-hydrogen) atoms. The van der Waals surface area contributed by atoms with Crippen LogP contribution in [0.3, 0.4) is 0 Å². The summed E-state index contributed by atoms with van der Waals surface area (Å²) in [6.07, 6.45) is 2.26. The molecule has 0 amide bonds. The van der Waals surface area contributed by atoms with Crippen molar-refractivity contribution in [2.45, 2.75) is 49.9 Å². The van der Waals surface area contributed by atoms with Crippen LogP contribution in [0.4, 0.5) is 5.69 Å². The molecule has 0 radical (unpaired) electrons. The molecule has 0 aliphatic carbocycles. The Morgan fingerprint density at radius 2 is 2.00 bits per heavy atom. The molecule has 1 aromatic heterocycles. The van der Waals surface area contributed by atoms with Gasteiger partial charge in [0, 0.05) is 6.04 Å². The third-order valence-electron chi connectivity index (χ3n) is 2.90. The van der Waals surface area contributed by atoms with Gasteiger partial charge in [-0.3, -0.25) is 0 Å². The van der Waals surface area contributed by atoms with E-state index in [1.165, 1.54) is 12.3 Å². The van der Waals surface area contributed by atoms with E-state index in [0.29, 0.717) is 5.69 Å². The van der Waals surface area contributed by atoms with Gasteiger partial charge in [0.15, 0.2) is 14.9 Å². The first-order valence-electron chi connectivity index (χ1n) is 6.30. The maximum absolute atomic E-state index is 12.2. The number of rotatable bonds is 5. The second kappa shape index (κ2) is 5.88. The minimum Gasteiger partial charge on any atom is -0.394 e. The second-order valence-corrected chi connectivity index (χ2v) is 8.08. The van der Waals surface area contributed by atoms with E-state index in [-0.39, 0.29) is 17.7 Å². The van der Waals surface area contributed by atoms with Crippen molar-refractivity contribution in [2.75, 3.05) is 11.9 Å². The fourth-order valence-electron chi connectivity index (χ4n) is 1.45. The van der Waals surface area contributed by atoms with Crippen LogP contribution < -0.4 is 5.32 Å². The Hall–Kier alpha value is -1.14. The van der Waals surface area contributed by atoms with Crippen LogP contribution in [0.2, 0.25) is 0 Å². The van der Waals surface area contributed by atoms with Gasteiger partial charge in [0.2, 0.25) is 0 Å². The third-order valence-corrected chi connectivity index (χ3v) is 5.31. The van der Waals surface area contributed by atoms with Crippen LogP contribution in [-0.2, 0) is 9.84 Å². The van der Waals surface area contributed by atoms with Crippen LogP contribution >= 0.6 is 0 Å². The van der Waals surface area contributed by atoms with Gasteiger partial charge < -0.3 is 10.4 Å². The fraction of sp³-hybridized carbons (Fsp3) is 0.615. The minimum absolute atomic E-state index is 0.0263. The number of aromatic nitrogens is 1. The van der Waals surface area contributed by atoms with E-state index in [1.54, 1.807) is 26.8 Å². The average Bonchev–Trinajstić information content (AvgIpc) is 2.35. The third kappa shape index (κ3) is 3.67. The van der Waals surface area contributed by atoms with Gasteiger partial charge in [-0.2, -0.15) is 0 Å². The van der Waals surface area contributed by atoms with Crippen molar-refractivity contribution in [1.82, 2.24) is 4.98 Å². The van der Waals surface area contributed by atoms with Crippen LogP contribution in [0.1, 0.15) is 34.1 Å². The Balaban J connectivity index is 2.95. The summed E-state index contributed by atoms with van der Waals surface area (Å²) in [5.74, 6) is 0. The molecule has 5 nitrogen and oxygen atoms in total. The molecule has 1 rings (SSSR count). The molecule has 0 bridgehead atoms. The number of pyridine rings is 1. The molecule has 0 spiro atoms. The lowest BCUT2D eigenvalue weighted by Gasteiger charge is -2.19. The lowest BCUT2D eigenvalue weighted by Crippen LogP contribution is -2.28. The summed E-state index contributed by atoms with van der Waals surface area (Å²) in [4.78, 5) is 4.01. The van der Waals surface area contributed by atoms with E-state index in [2.05, 4.69) is 10.3 Å². The van der Waals surface area contributed by atoms with Crippen LogP contribution in [0.15, 0.2) is 23.4 Å². The van der Waals surface area contributed by atoms with Crippen molar-refractivity contribution < 1.29 is 13.5 Å². The van der Waals surface area contributed by atoms with E-state index in [9.17, 15) is 8.42 Å².